The van der Waals surface area contributed by atoms with Crippen molar-refractivity contribution in [1.29, 1.82) is 0 Å². The van der Waals surface area contributed by atoms with Gasteiger partial charge in [0.2, 0.25) is 5.60 Å². The van der Waals surface area contributed by atoms with Crippen molar-refractivity contribution in [2.75, 3.05) is 0 Å². The Labute approximate surface area is 302 Å². The highest BCUT2D eigenvalue weighted by atomic mass is 35.5. The van der Waals surface area contributed by atoms with Gasteiger partial charge in [-0.1, -0.05) is 150 Å². The summed E-state index contributed by atoms with van der Waals surface area (Å²) in [5.74, 6) is -3.09. The number of benzene rings is 5. The molecule has 50 heavy (non-hydrogen) atoms. The highest BCUT2D eigenvalue weighted by molar-refractivity contribution is 7.80. The number of quaternary nitrogens is 1. The normalized spacial score (nSPS) is 19.7. The molecule has 1 saturated heterocycles. The molecular formula is C42H37ClNO5S+. The predicted molar refractivity (Wildman–Crippen MR) is 198 cm³/mol. The SMILES string of the molecule is CC1(C)C(c2ccccc2)(c2ccccc2)OC(=O)[N+]1(C(=O)/C=C/c1ccccc1)C(=O)C(C(O)c1ccc(Cl)cc1)[C@@H](S)c1ccccc1. The minimum Gasteiger partial charge on any atom is -0.396 e. The zero-order valence-corrected chi connectivity index (χ0v) is 29.2. The van der Waals surface area contributed by atoms with Crippen molar-refractivity contribution in [2.24, 2.45) is 5.92 Å². The number of imide groups is 3. The molecule has 1 aliphatic rings. The van der Waals surface area contributed by atoms with E-state index in [-0.39, 0.29) is 0 Å². The van der Waals surface area contributed by atoms with Crippen LogP contribution < -0.4 is 0 Å². The fourth-order valence-electron chi connectivity index (χ4n) is 7.20. The van der Waals surface area contributed by atoms with Gasteiger partial charge in [0.05, 0.1) is 6.10 Å². The van der Waals surface area contributed by atoms with E-state index in [0.29, 0.717) is 32.8 Å². The van der Waals surface area contributed by atoms with Crippen LogP contribution in [0.15, 0.2) is 152 Å². The number of cyclic esters (lactones) is 1. The van der Waals surface area contributed by atoms with Crippen molar-refractivity contribution in [3.8, 4) is 0 Å². The lowest BCUT2D eigenvalue weighted by atomic mass is 9.70. The van der Waals surface area contributed by atoms with Gasteiger partial charge in [-0.05, 0) is 48.7 Å². The van der Waals surface area contributed by atoms with E-state index >= 15 is 9.59 Å². The molecule has 4 atom stereocenters. The molecule has 0 aromatic heterocycles. The van der Waals surface area contributed by atoms with Crippen molar-refractivity contribution >= 4 is 48.2 Å². The molecule has 1 fully saturated rings. The van der Waals surface area contributed by atoms with E-state index in [1.54, 1.807) is 68.5 Å². The number of amides is 3. The van der Waals surface area contributed by atoms with Gasteiger partial charge in [0, 0.05) is 27.5 Å². The summed E-state index contributed by atoms with van der Waals surface area (Å²) in [5, 5.41) is 11.7. The van der Waals surface area contributed by atoms with Gasteiger partial charge in [-0.2, -0.15) is 17.4 Å². The predicted octanol–water partition coefficient (Wildman–Crippen LogP) is 9.12. The lowest BCUT2D eigenvalue weighted by Crippen LogP contribution is -2.71. The summed E-state index contributed by atoms with van der Waals surface area (Å²) in [6, 6.07) is 42.9. The average molecular weight is 703 g/mol. The van der Waals surface area contributed by atoms with Gasteiger partial charge in [0.25, 0.3) is 0 Å². The Morgan fingerprint density at radius 2 is 1.22 bits per heavy atom. The Bertz CT molecular complexity index is 1960. The fraction of sp³-hybridized carbons (Fsp3) is 0.167. The van der Waals surface area contributed by atoms with E-state index in [9.17, 15) is 9.90 Å². The van der Waals surface area contributed by atoms with Gasteiger partial charge < -0.3 is 9.84 Å². The molecule has 0 spiro atoms. The van der Waals surface area contributed by atoms with Crippen LogP contribution >= 0.6 is 24.2 Å². The topological polar surface area (TPSA) is 80.7 Å². The zero-order chi connectivity index (χ0) is 35.5. The Morgan fingerprint density at radius 3 is 1.74 bits per heavy atom. The maximum absolute atomic E-state index is 15.8. The summed E-state index contributed by atoms with van der Waals surface area (Å²) in [6.45, 7) is 3.40. The van der Waals surface area contributed by atoms with Gasteiger partial charge in [-0.15, -0.1) is 0 Å². The smallest absolute Gasteiger partial charge is 0.396 e. The largest absolute Gasteiger partial charge is 0.533 e. The molecule has 1 N–H and O–H groups in total. The molecular weight excluding hydrogens is 666 g/mol. The van der Waals surface area contributed by atoms with Crippen LogP contribution in [0.4, 0.5) is 4.79 Å². The molecule has 0 bridgehead atoms. The van der Waals surface area contributed by atoms with E-state index < -0.39 is 50.8 Å². The Hall–Kier alpha value is -4.79. The molecule has 0 aliphatic carbocycles. The first kappa shape index (κ1) is 35.1. The van der Waals surface area contributed by atoms with Gasteiger partial charge in [0.15, 0.2) is 5.54 Å². The van der Waals surface area contributed by atoms with Crippen molar-refractivity contribution in [1.82, 2.24) is 0 Å². The van der Waals surface area contributed by atoms with Crippen molar-refractivity contribution in [2.45, 2.75) is 36.3 Å². The number of carbonyl (C=O) groups excluding carboxylic acids is 3. The van der Waals surface area contributed by atoms with Crippen LogP contribution in [-0.4, -0.2) is 33.0 Å². The molecule has 1 heterocycles. The Kier molecular flexibility index (Phi) is 9.96. The number of rotatable bonds is 9. The number of halogens is 1. The Balaban J connectivity index is 1.63. The maximum Gasteiger partial charge on any atom is 0.533 e. The lowest BCUT2D eigenvalue weighted by Gasteiger charge is -2.44. The second kappa shape index (κ2) is 14.2. The number of aliphatic hydroxyl groups is 1. The molecule has 3 unspecified atom stereocenters. The van der Waals surface area contributed by atoms with Crippen LogP contribution in [0.5, 0.6) is 0 Å². The maximum atomic E-state index is 15.8. The van der Waals surface area contributed by atoms with Gasteiger partial charge >= 0.3 is 17.9 Å². The number of hydrogen-bond donors (Lipinski definition) is 2. The summed E-state index contributed by atoms with van der Waals surface area (Å²) < 4.78 is 5.13. The monoisotopic (exact) mass is 702 g/mol. The molecule has 8 heteroatoms. The Morgan fingerprint density at radius 1 is 0.740 bits per heavy atom. The molecule has 6 nitrogen and oxygen atoms in total. The summed E-state index contributed by atoms with van der Waals surface area (Å²) in [5.41, 5.74) is -0.374. The van der Waals surface area contributed by atoms with Gasteiger partial charge in [-0.3, -0.25) is 0 Å². The van der Waals surface area contributed by atoms with Gasteiger partial charge in [0.1, 0.15) is 5.92 Å². The highest BCUT2D eigenvalue weighted by Gasteiger charge is 2.80. The molecule has 5 aromatic carbocycles. The fourth-order valence-corrected chi connectivity index (χ4v) is 7.79. The second-order valence-electron chi connectivity index (χ2n) is 12.8. The van der Waals surface area contributed by atoms with E-state index in [2.05, 4.69) is 0 Å². The molecule has 3 amide bonds. The zero-order valence-electron chi connectivity index (χ0n) is 27.6. The van der Waals surface area contributed by atoms with Crippen LogP contribution in [0.2, 0.25) is 5.02 Å². The minimum absolute atomic E-state index is 0.371. The van der Waals surface area contributed by atoms with E-state index in [1.165, 1.54) is 6.08 Å². The number of nitrogens with zero attached hydrogens (tertiary/aromatic N) is 1. The lowest BCUT2D eigenvalue weighted by molar-refractivity contribution is -0.747. The summed E-state index contributed by atoms with van der Waals surface area (Å²) in [7, 11) is 0. The highest BCUT2D eigenvalue weighted by Crippen LogP contribution is 2.57. The van der Waals surface area contributed by atoms with Crippen LogP contribution in [0, 0.1) is 5.92 Å². The first-order valence-corrected chi connectivity index (χ1v) is 17.2. The van der Waals surface area contributed by atoms with E-state index in [1.807, 2.05) is 97.1 Å². The van der Waals surface area contributed by atoms with Crippen molar-refractivity contribution < 1.29 is 28.7 Å². The summed E-state index contributed by atoms with van der Waals surface area (Å²) in [6.07, 6.45) is 0.279. The van der Waals surface area contributed by atoms with Crippen molar-refractivity contribution in [3.05, 3.63) is 185 Å². The number of ether oxygens (including phenoxy) is 1. The van der Waals surface area contributed by atoms with Crippen LogP contribution in [-0.2, 0) is 19.9 Å². The second-order valence-corrected chi connectivity index (χ2v) is 13.8. The third-order valence-corrected chi connectivity index (χ3v) is 10.6. The third kappa shape index (κ3) is 5.80. The van der Waals surface area contributed by atoms with E-state index in [0.717, 1.165) is 0 Å². The molecule has 5 aromatic rings. The third-order valence-electron chi connectivity index (χ3n) is 9.77. The number of hydrogen-bond acceptors (Lipinski definition) is 6. The van der Waals surface area contributed by atoms with Crippen molar-refractivity contribution in [3.63, 3.8) is 0 Å². The van der Waals surface area contributed by atoms with E-state index in [4.69, 9.17) is 29.0 Å². The number of thiol groups is 1. The molecule has 252 valence electrons. The molecule has 0 radical (unpaired) electrons. The standard InChI is InChI=1S/C42H36ClNO5S/c1-41(2)42(32-19-11-5-12-20-32,33-21-13-6-14-22-33)49-40(48)44(41,35(45)28-23-29-15-7-3-8-16-29)39(47)36(38(50)31-17-9-4-10-18-31)37(46)30-24-26-34(43)27-25-30/h3-28,36-38,46H,1-2H3/p+1/b28-23+/t36?,37?,38-,44?/m0/s1. The first-order valence-electron chi connectivity index (χ1n) is 16.3. The number of aliphatic hydroxyl groups excluding tert-OH is 1. The first-order chi connectivity index (χ1) is 24.1. The quantitative estimate of drug-likeness (QED) is 0.0910. The van der Waals surface area contributed by atoms with Crippen LogP contribution in [0.3, 0.4) is 0 Å². The molecule has 1 aliphatic heterocycles. The van der Waals surface area contributed by atoms with Crippen LogP contribution in [0.1, 0.15) is 53.0 Å². The summed E-state index contributed by atoms with van der Waals surface area (Å²) >= 11 is 11.1. The number of carbonyl (C=O) groups is 3. The molecule has 0 saturated carbocycles. The van der Waals surface area contributed by atoms with Crippen LogP contribution in [0.25, 0.3) is 6.08 Å². The summed E-state index contributed by atoms with van der Waals surface area (Å²) in [4.78, 5) is 45.8. The van der Waals surface area contributed by atoms with Gasteiger partial charge in [-0.25, -0.2) is 9.59 Å². The minimum atomic E-state index is -1.62. The molecule has 6 rings (SSSR count). The average Bonchev–Trinajstić information content (AvgIpc) is 3.34.